The van der Waals surface area contributed by atoms with Gasteiger partial charge in [-0.15, -0.1) is 0 Å². The Balaban J connectivity index is 2.84. The average molecular weight is 169 g/mol. The number of aromatic nitrogens is 2. The third-order valence-electron chi connectivity index (χ3n) is 1.57. The van der Waals surface area contributed by atoms with Gasteiger partial charge in [0.05, 0.1) is 18.4 Å². The van der Waals surface area contributed by atoms with E-state index in [0.29, 0.717) is 12.2 Å². The lowest BCUT2D eigenvalue weighted by Crippen LogP contribution is -2.23. The van der Waals surface area contributed by atoms with E-state index >= 15 is 0 Å². The number of nitrogens with two attached hydrogens (primary N) is 2. The van der Waals surface area contributed by atoms with Gasteiger partial charge in [0.15, 0.2) is 0 Å². The molecule has 1 aromatic heterocycles. The Labute approximate surface area is 71.7 Å². The third kappa shape index (κ3) is 1.68. The van der Waals surface area contributed by atoms with E-state index in [1.165, 1.54) is 0 Å². The van der Waals surface area contributed by atoms with Crippen molar-refractivity contribution in [1.29, 1.82) is 0 Å². The summed E-state index contributed by atoms with van der Waals surface area (Å²) in [6.45, 7) is 2.60. The number of hydrogen-bond donors (Lipinski definition) is 3. The van der Waals surface area contributed by atoms with Gasteiger partial charge < -0.3 is 16.8 Å². The fourth-order valence-electron chi connectivity index (χ4n) is 1.08. The van der Waals surface area contributed by atoms with Crippen molar-refractivity contribution < 1.29 is 0 Å². The second kappa shape index (κ2) is 3.44. The highest BCUT2D eigenvalue weighted by atomic mass is 15.3. The van der Waals surface area contributed by atoms with Crippen LogP contribution in [0, 0.1) is 0 Å². The molecule has 1 rings (SSSR count). The molecule has 0 saturated heterocycles. The smallest absolute Gasteiger partial charge is 0.147 e. The van der Waals surface area contributed by atoms with Crippen molar-refractivity contribution in [2.24, 2.45) is 5.73 Å². The maximum absolute atomic E-state index is 5.64. The number of hydrogen-bond acceptors (Lipinski definition) is 4. The van der Waals surface area contributed by atoms with Crippen molar-refractivity contribution in [1.82, 2.24) is 9.78 Å². The van der Waals surface area contributed by atoms with Gasteiger partial charge in [0.25, 0.3) is 0 Å². The molecule has 0 aromatic carbocycles. The van der Waals surface area contributed by atoms with E-state index in [-0.39, 0.29) is 6.04 Å². The van der Waals surface area contributed by atoms with Crippen LogP contribution in [0.1, 0.15) is 6.92 Å². The van der Waals surface area contributed by atoms with Gasteiger partial charge in [-0.25, -0.2) is 4.68 Å². The molecule has 5 nitrogen and oxygen atoms in total. The molecule has 0 aliphatic carbocycles. The maximum Gasteiger partial charge on any atom is 0.147 e. The van der Waals surface area contributed by atoms with Crippen LogP contribution in [-0.4, -0.2) is 22.9 Å². The molecule has 0 bridgehead atoms. The van der Waals surface area contributed by atoms with Crippen LogP contribution >= 0.6 is 0 Å². The van der Waals surface area contributed by atoms with E-state index in [4.69, 9.17) is 11.5 Å². The Hall–Kier alpha value is -1.23. The quantitative estimate of drug-likeness (QED) is 0.588. The van der Waals surface area contributed by atoms with Gasteiger partial charge in [-0.3, -0.25) is 0 Å². The van der Waals surface area contributed by atoms with Crippen molar-refractivity contribution in [3.05, 3.63) is 6.20 Å². The number of nitrogens with one attached hydrogen (secondary N) is 1. The fraction of sp³-hybridized carbons (Fsp3) is 0.571. The highest BCUT2D eigenvalue weighted by molar-refractivity contribution is 5.60. The van der Waals surface area contributed by atoms with Crippen LogP contribution in [0.15, 0.2) is 6.20 Å². The molecule has 0 saturated carbocycles. The molecular weight excluding hydrogens is 154 g/mol. The Morgan fingerprint density at radius 3 is 2.92 bits per heavy atom. The average Bonchev–Trinajstić information content (AvgIpc) is 2.30. The highest BCUT2D eigenvalue weighted by Gasteiger charge is 2.06. The lowest BCUT2D eigenvalue weighted by molar-refractivity contribution is 0.544. The second-order valence-corrected chi connectivity index (χ2v) is 2.86. The predicted octanol–water partition coefficient (Wildman–Crippen LogP) is -0.146. The van der Waals surface area contributed by atoms with Gasteiger partial charge in [0, 0.05) is 13.1 Å². The van der Waals surface area contributed by atoms with Gasteiger partial charge in [-0.1, -0.05) is 0 Å². The molecule has 1 unspecified atom stereocenters. The van der Waals surface area contributed by atoms with E-state index in [2.05, 4.69) is 10.4 Å². The normalized spacial score (nSPS) is 12.9. The molecule has 0 aliphatic heterocycles. The lowest BCUT2D eigenvalue weighted by atomic mass is 10.4. The first-order valence-corrected chi connectivity index (χ1v) is 3.89. The van der Waals surface area contributed by atoms with Crippen LogP contribution in [0.3, 0.4) is 0 Å². The summed E-state index contributed by atoms with van der Waals surface area (Å²) in [5, 5.41) is 7.04. The van der Waals surface area contributed by atoms with Crippen molar-refractivity contribution in [2.75, 3.05) is 18.1 Å². The van der Waals surface area contributed by atoms with E-state index in [1.807, 2.05) is 14.0 Å². The lowest BCUT2D eigenvalue weighted by Gasteiger charge is -2.09. The molecule has 12 heavy (non-hydrogen) atoms. The molecular formula is C7H15N5. The Bertz CT molecular complexity index is 252. The standard InChI is InChI=1S/C7H15N5/c1-5(8)4-12-7(10-2)6(9)3-11-12/h3,5,10H,4,8-9H2,1-2H3. The van der Waals surface area contributed by atoms with Crippen LogP contribution < -0.4 is 16.8 Å². The van der Waals surface area contributed by atoms with Crippen LogP contribution in [0.2, 0.25) is 0 Å². The molecule has 5 heteroatoms. The summed E-state index contributed by atoms with van der Waals surface area (Å²) >= 11 is 0. The van der Waals surface area contributed by atoms with Crippen molar-refractivity contribution >= 4 is 11.5 Å². The van der Waals surface area contributed by atoms with Crippen LogP contribution in [0.4, 0.5) is 11.5 Å². The SMILES string of the molecule is CNc1c(N)cnn1CC(C)N. The minimum absolute atomic E-state index is 0.0800. The third-order valence-corrected chi connectivity index (χ3v) is 1.57. The molecule has 0 aliphatic rings. The first-order valence-electron chi connectivity index (χ1n) is 3.89. The number of rotatable bonds is 3. The van der Waals surface area contributed by atoms with Gasteiger partial charge >= 0.3 is 0 Å². The maximum atomic E-state index is 5.64. The molecule has 1 aromatic rings. The van der Waals surface area contributed by atoms with E-state index in [0.717, 1.165) is 5.82 Å². The topological polar surface area (TPSA) is 81.9 Å². The van der Waals surface area contributed by atoms with Gasteiger partial charge in [-0.05, 0) is 6.92 Å². The molecule has 0 spiro atoms. The summed E-state index contributed by atoms with van der Waals surface area (Å²) in [6, 6.07) is 0.0800. The molecule has 1 heterocycles. The van der Waals surface area contributed by atoms with Crippen LogP contribution in [-0.2, 0) is 6.54 Å². The molecule has 0 radical (unpaired) electrons. The Kier molecular flexibility index (Phi) is 2.54. The highest BCUT2D eigenvalue weighted by Crippen LogP contribution is 2.16. The van der Waals surface area contributed by atoms with Crippen molar-refractivity contribution in [3.8, 4) is 0 Å². The number of nitrogens with zero attached hydrogens (tertiary/aromatic N) is 2. The monoisotopic (exact) mass is 169 g/mol. The number of nitrogen functional groups attached to an aromatic ring is 1. The summed E-state index contributed by atoms with van der Waals surface area (Å²) in [6.07, 6.45) is 1.62. The zero-order valence-corrected chi connectivity index (χ0v) is 7.41. The first-order chi connectivity index (χ1) is 5.65. The summed E-state index contributed by atoms with van der Waals surface area (Å²) in [7, 11) is 1.81. The Morgan fingerprint density at radius 1 is 1.75 bits per heavy atom. The van der Waals surface area contributed by atoms with Crippen molar-refractivity contribution in [3.63, 3.8) is 0 Å². The zero-order chi connectivity index (χ0) is 9.14. The van der Waals surface area contributed by atoms with E-state index in [9.17, 15) is 0 Å². The minimum Gasteiger partial charge on any atom is -0.394 e. The summed E-state index contributed by atoms with van der Waals surface area (Å²) in [5.74, 6) is 0.826. The largest absolute Gasteiger partial charge is 0.394 e. The molecule has 0 fully saturated rings. The molecule has 68 valence electrons. The fourth-order valence-corrected chi connectivity index (χ4v) is 1.08. The van der Waals surface area contributed by atoms with Crippen LogP contribution in [0.25, 0.3) is 0 Å². The van der Waals surface area contributed by atoms with E-state index < -0.39 is 0 Å². The molecule has 5 N–H and O–H groups in total. The van der Waals surface area contributed by atoms with Crippen molar-refractivity contribution in [2.45, 2.75) is 19.5 Å². The summed E-state index contributed by atoms with van der Waals surface area (Å²) in [4.78, 5) is 0. The van der Waals surface area contributed by atoms with Crippen LogP contribution in [0.5, 0.6) is 0 Å². The first kappa shape index (κ1) is 8.86. The minimum atomic E-state index is 0.0800. The van der Waals surface area contributed by atoms with Gasteiger partial charge in [0.1, 0.15) is 5.82 Å². The summed E-state index contributed by atoms with van der Waals surface area (Å²) < 4.78 is 1.76. The summed E-state index contributed by atoms with van der Waals surface area (Å²) in [5.41, 5.74) is 11.9. The molecule has 0 amide bonds. The second-order valence-electron chi connectivity index (χ2n) is 2.86. The zero-order valence-electron chi connectivity index (χ0n) is 7.41. The van der Waals surface area contributed by atoms with E-state index in [1.54, 1.807) is 10.9 Å². The Morgan fingerprint density at radius 2 is 2.42 bits per heavy atom. The van der Waals surface area contributed by atoms with Gasteiger partial charge in [0.2, 0.25) is 0 Å². The number of anilines is 2. The predicted molar refractivity (Wildman–Crippen MR) is 49.8 cm³/mol. The molecule has 1 atom stereocenters. The van der Waals surface area contributed by atoms with Gasteiger partial charge in [-0.2, -0.15) is 5.10 Å².